The van der Waals surface area contributed by atoms with Gasteiger partial charge in [0.05, 0.1) is 11.7 Å². The molecule has 2 saturated heterocycles. The number of rotatable bonds is 2. The monoisotopic (exact) mass is 274 g/mol. The van der Waals surface area contributed by atoms with Crippen molar-refractivity contribution < 1.29 is 4.74 Å². The lowest BCUT2D eigenvalue weighted by atomic mass is 9.83. The average Bonchev–Trinajstić information content (AvgIpc) is 2.90. The van der Waals surface area contributed by atoms with Gasteiger partial charge in [0.2, 0.25) is 0 Å². The van der Waals surface area contributed by atoms with Gasteiger partial charge in [0.1, 0.15) is 0 Å². The molecular weight excluding hydrogens is 252 g/mol. The molecule has 98 valence electrons. The molecule has 3 heteroatoms. The fourth-order valence-electron chi connectivity index (χ4n) is 3.75. The summed E-state index contributed by atoms with van der Waals surface area (Å²) in [5, 5.41) is 0.395. The van der Waals surface area contributed by atoms with Gasteiger partial charge in [0.25, 0.3) is 0 Å². The van der Waals surface area contributed by atoms with Crippen molar-refractivity contribution in [2.24, 2.45) is 5.92 Å². The van der Waals surface area contributed by atoms with E-state index >= 15 is 0 Å². The Hall–Kier alpha value is 0.600. The topological polar surface area (TPSA) is 9.23 Å². The van der Waals surface area contributed by atoms with Crippen LogP contribution in [0.5, 0.6) is 0 Å². The van der Waals surface area contributed by atoms with E-state index < -0.39 is 0 Å². The van der Waals surface area contributed by atoms with Gasteiger partial charge in [0.15, 0.2) is 0 Å². The number of hydrogen-bond donors (Lipinski definition) is 0. The Bertz CT molecular complexity index is 265. The molecule has 2 aliphatic heterocycles. The molecule has 3 unspecified atom stereocenters. The highest BCUT2D eigenvalue weighted by Crippen LogP contribution is 2.44. The van der Waals surface area contributed by atoms with Crippen LogP contribution in [0.2, 0.25) is 0 Å². The molecule has 3 rings (SSSR count). The van der Waals surface area contributed by atoms with Crippen LogP contribution in [0.15, 0.2) is 0 Å². The molecule has 3 aliphatic rings. The van der Waals surface area contributed by atoms with E-state index in [9.17, 15) is 0 Å². The minimum absolute atomic E-state index is 0.288. The van der Waals surface area contributed by atoms with Crippen LogP contribution in [0.3, 0.4) is 0 Å². The summed E-state index contributed by atoms with van der Waals surface area (Å²) in [6.45, 7) is 0. The number of halogens is 1. The lowest BCUT2D eigenvalue weighted by Gasteiger charge is -2.33. The largest absolute Gasteiger partial charge is 0.372 e. The molecule has 0 amide bonds. The molecule has 3 fully saturated rings. The van der Waals surface area contributed by atoms with Crippen molar-refractivity contribution >= 4 is 23.4 Å². The first-order valence-electron chi connectivity index (χ1n) is 7.17. The van der Waals surface area contributed by atoms with E-state index in [1.54, 1.807) is 0 Å². The van der Waals surface area contributed by atoms with Crippen LogP contribution in [-0.4, -0.2) is 28.6 Å². The zero-order valence-electron chi connectivity index (χ0n) is 10.5. The maximum Gasteiger partial charge on any atom is 0.0687 e. The standard InChI is InChI=1S/C14H23ClOS/c15-13-10-17-9-11(13)8-12-4-7-14(16-12)5-2-1-3-6-14/h11-13H,1-10H2. The second-order valence-electron chi connectivity index (χ2n) is 6.07. The quantitative estimate of drug-likeness (QED) is 0.697. The van der Waals surface area contributed by atoms with Crippen LogP contribution in [-0.2, 0) is 4.74 Å². The summed E-state index contributed by atoms with van der Waals surface area (Å²) in [4.78, 5) is 0. The first-order valence-corrected chi connectivity index (χ1v) is 8.76. The van der Waals surface area contributed by atoms with Crippen molar-refractivity contribution in [3.05, 3.63) is 0 Å². The van der Waals surface area contributed by atoms with Crippen molar-refractivity contribution in [2.45, 2.75) is 68.4 Å². The third kappa shape index (κ3) is 2.79. The normalized spacial score (nSPS) is 41.1. The van der Waals surface area contributed by atoms with Crippen LogP contribution >= 0.6 is 23.4 Å². The zero-order chi connectivity index (χ0) is 11.7. The Kier molecular flexibility index (Phi) is 3.94. The average molecular weight is 275 g/mol. The molecule has 0 aromatic rings. The van der Waals surface area contributed by atoms with E-state index in [2.05, 4.69) is 0 Å². The maximum absolute atomic E-state index is 6.43. The van der Waals surface area contributed by atoms with Crippen molar-refractivity contribution in [2.75, 3.05) is 11.5 Å². The van der Waals surface area contributed by atoms with Gasteiger partial charge in [-0.1, -0.05) is 19.3 Å². The van der Waals surface area contributed by atoms with Crippen LogP contribution < -0.4 is 0 Å². The third-order valence-corrected chi connectivity index (χ3v) is 6.74. The lowest BCUT2D eigenvalue weighted by molar-refractivity contribution is -0.0688. The fraction of sp³-hybridized carbons (Fsp3) is 1.00. The molecule has 1 nitrogen and oxygen atoms in total. The Morgan fingerprint density at radius 2 is 1.94 bits per heavy atom. The molecule has 1 spiro atoms. The SMILES string of the molecule is ClC1CSCC1CC1CCC2(CCCCC2)O1. The van der Waals surface area contributed by atoms with E-state index in [0.29, 0.717) is 17.4 Å². The molecule has 0 radical (unpaired) electrons. The number of thioether (sulfide) groups is 1. The molecule has 0 bridgehead atoms. The Morgan fingerprint density at radius 3 is 2.65 bits per heavy atom. The minimum atomic E-state index is 0.288. The third-order valence-electron chi connectivity index (χ3n) is 4.79. The summed E-state index contributed by atoms with van der Waals surface area (Å²) in [5.41, 5.74) is 0.288. The first kappa shape index (κ1) is 12.6. The first-order chi connectivity index (χ1) is 8.27. The summed E-state index contributed by atoms with van der Waals surface area (Å²) in [6.07, 6.45) is 11.1. The highest BCUT2D eigenvalue weighted by molar-refractivity contribution is 7.99. The summed E-state index contributed by atoms with van der Waals surface area (Å²) in [6, 6.07) is 0. The number of hydrogen-bond acceptors (Lipinski definition) is 2. The smallest absolute Gasteiger partial charge is 0.0687 e. The molecule has 0 aromatic heterocycles. The van der Waals surface area contributed by atoms with Gasteiger partial charge in [-0.2, -0.15) is 11.8 Å². The van der Waals surface area contributed by atoms with E-state index in [-0.39, 0.29) is 5.60 Å². The van der Waals surface area contributed by atoms with E-state index in [4.69, 9.17) is 16.3 Å². The van der Waals surface area contributed by atoms with Gasteiger partial charge in [0, 0.05) is 11.1 Å². The summed E-state index contributed by atoms with van der Waals surface area (Å²) >= 11 is 8.37. The maximum atomic E-state index is 6.43. The predicted molar refractivity (Wildman–Crippen MR) is 75.0 cm³/mol. The van der Waals surface area contributed by atoms with Crippen molar-refractivity contribution in [1.29, 1.82) is 0 Å². The van der Waals surface area contributed by atoms with Gasteiger partial charge in [-0.25, -0.2) is 0 Å². The molecule has 0 N–H and O–H groups in total. The minimum Gasteiger partial charge on any atom is -0.372 e. The molecule has 2 heterocycles. The number of ether oxygens (including phenoxy) is 1. The van der Waals surface area contributed by atoms with E-state index in [0.717, 1.165) is 5.75 Å². The van der Waals surface area contributed by atoms with Crippen molar-refractivity contribution in [1.82, 2.24) is 0 Å². The molecule has 3 atom stereocenters. The summed E-state index contributed by atoms with van der Waals surface area (Å²) in [5.74, 6) is 3.09. The molecule has 1 saturated carbocycles. The van der Waals surface area contributed by atoms with E-state index in [1.165, 1.54) is 57.1 Å². The number of alkyl halides is 1. The Labute approximate surface area is 114 Å². The van der Waals surface area contributed by atoms with Gasteiger partial charge in [-0.3, -0.25) is 0 Å². The van der Waals surface area contributed by atoms with Crippen molar-refractivity contribution in [3.63, 3.8) is 0 Å². The van der Waals surface area contributed by atoms with Crippen LogP contribution in [0.25, 0.3) is 0 Å². The van der Waals surface area contributed by atoms with E-state index in [1.807, 2.05) is 11.8 Å². The van der Waals surface area contributed by atoms with Gasteiger partial charge >= 0.3 is 0 Å². The highest BCUT2D eigenvalue weighted by Gasteiger charge is 2.42. The molecular formula is C14H23ClOS. The molecule has 0 aromatic carbocycles. The molecule has 17 heavy (non-hydrogen) atoms. The van der Waals surface area contributed by atoms with Crippen LogP contribution in [0.1, 0.15) is 51.4 Å². The Balaban J connectivity index is 1.53. The lowest BCUT2D eigenvalue weighted by Crippen LogP contribution is -2.32. The van der Waals surface area contributed by atoms with Gasteiger partial charge in [-0.05, 0) is 43.8 Å². The molecule has 1 aliphatic carbocycles. The van der Waals surface area contributed by atoms with Crippen LogP contribution in [0.4, 0.5) is 0 Å². The second kappa shape index (κ2) is 5.30. The predicted octanol–water partition coefficient (Wildman–Crippen LogP) is 4.23. The highest BCUT2D eigenvalue weighted by atomic mass is 35.5. The second-order valence-corrected chi connectivity index (χ2v) is 7.71. The van der Waals surface area contributed by atoms with Crippen molar-refractivity contribution in [3.8, 4) is 0 Å². The Morgan fingerprint density at radius 1 is 1.12 bits per heavy atom. The summed E-state index contributed by atoms with van der Waals surface area (Å²) in [7, 11) is 0. The fourth-order valence-corrected chi connectivity index (χ4v) is 5.62. The van der Waals surface area contributed by atoms with Crippen LogP contribution in [0, 0.1) is 5.92 Å². The zero-order valence-corrected chi connectivity index (χ0v) is 12.1. The summed E-state index contributed by atoms with van der Waals surface area (Å²) < 4.78 is 6.43. The van der Waals surface area contributed by atoms with Gasteiger partial charge < -0.3 is 4.74 Å². The van der Waals surface area contributed by atoms with Gasteiger partial charge in [-0.15, -0.1) is 11.6 Å².